The Labute approximate surface area is 137 Å². The molecular formula is C15H27ClN2O4. The van der Waals surface area contributed by atoms with Crippen LogP contribution in [0.2, 0.25) is 0 Å². The van der Waals surface area contributed by atoms with Crippen LogP contribution in [-0.4, -0.2) is 41.9 Å². The van der Waals surface area contributed by atoms with E-state index in [1.165, 1.54) is 0 Å². The lowest BCUT2D eigenvalue weighted by molar-refractivity contribution is -0.153. The highest BCUT2D eigenvalue weighted by Gasteiger charge is 2.53. The molecule has 22 heavy (non-hydrogen) atoms. The van der Waals surface area contributed by atoms with Gasteiger partial charge in [-0.05, 0) is 65.5 Å². The zero-order valence-corrected chi connectivity index (χ0v) is 14.3. The second-order valence-electron chi connectivity index (χ2n) is 7.17. The highest BCUT2D eigenvalue weighted by molar-refractivity contribution is 5.85. The molecule has 1 saturated carbocycles. The number of nitrogens with one attached hydrogen (secondary N) is 2. The number of alkyl carbamates (subject to hydrolysis) is 1. The fourth-order valence-electron chi connectivity index (χ4n) is 3.10. The molecule has 2 rings (SSSR count). The average molecular weight is 335 g/mol. The van der Waals surface area contributed by atoms with Crippen LogP contribution < -0.4 is 10.6 Å². The maximum absolute atomic E-state index is 12.1. The highest BCUT2D eigenvalue weighted by Crippen LogP contribution is 2.45. The summed E-state index contributed by atoms with van der Waals surface area (Å²) in [5, 5.41) is 15.8. The quantitative estimate of drug-likeness (QED) is 0.733. The lowest BCUT2D eigenvalue weighted by atomic mass is 9.71. The number of carboxylic acid groups (broad SMARTS) is 1. The molecule has 6 nitrogen and oxygen atoms in total. The zero-order valence-electron chi connectivity index (χ0n) is 13.5. The minimum absolute atomic E-state index is 0. The van der Waals surface area contributed by atoms with Crippen molar-refractivity contribution in [3.8, 4) is 0 Å². The first-order valence-corrected chi connectivity index (χ1v) is 7.68. The van der Waals surface area contributed by atoms with Crippen LogP contribution >= 0.6 is 12.4 Å². The van der Waals surface area contributed by atoms with Crippen molar-refractivity contribution in [2.75, 3.05) is 13.1 Å². The Morgan fingerprint density at radius 2 is 1.82 bits per heavy atom. The predicted octanol–water partition coefficient (Wildman–Crippen LogP) is 2.17. The third kappa shape index (κ3) is 4.49. The molecule has 0 aromatic heterocycles. The maximum atomic E-state index is 12.1. The first kappa shape index (κ1) is 19.0. The van der Waals surface area contributed by atoms with E-state index in [1.807, 2.05) is 0 Å². The van der Waals surface area contributed by atoms with Gasteiger partial charge in [0.25, 0.3) is 0 Å². The molecule has 2 fully saturated rings. The van der Waals surface area contributed by atoms with Gasteiger partial charge in [-0.15, -0.1) is 12.4 Å². The van der Waals surface area contributed by atoms with Crippen molar-refractivity contribution < 1.29 is 19.4 Å². The molecule has 1 aliphatic heterocycles. The second kappa shape index (κ2) is 7.04. The molecule has 2 aliphatic rings. The third-order valence-electron chi connectivity index (χ3n) is 4.28. The monoisotopic (exact) mass is 334 g/mol. The summed E-state index contributed by atoms with van der Waals surface area (Å²) in [4.78, 5) is 24.0. The number of aliphatic carboxylic acids is 1. The molecular weight excluding hydrogens is 308 g/mol. The van der Waals surface area contributed by atoms with Crippen molar-refractivity contribution >= 4 is 24.5 Å². The first-order chi connectivity index (χ1) is 9.74. The summed E-state index contributed by atoms with van der Waals surface area (Å²) >= 11 is 0. The van der Waals surface area contributed by atoms with Crippen molar-refractivity contribution in [2.24, 2.45) is 11.3 Å². The number of carboxylic acids is 1. The molecule has 1 atom stereocenters. The molecule has 1 unspecified atom stereocenters. The van der Waals surface area contributed by atoms with Crippen LogP contribution in [0.15, 0.2) is 0 Å². The molecule has 7 heteroatoms. The van der Waals surface area contributed by atoms with Crippen LogP contribution in [0.1, 0.15) is 46.5 Å². The van der Waals surface area contributed by atoms with E-state index in [0.717, 1.165) is 12.8 Å². The van der Waals surface area contributed by atoms with Gasteiger partial charge in [0, 0.05) is 0 Å². The van der Waals surface area contributed by atoms with Crippen LogP contribution in [0.4, 0.5) is 4.79 Å². The Balaban J connectivity index is 0.00000242. The highest BCUT2D eigenvalue weighted by atomic mass is 35.5. The van der Waals surface area contributed by atoms with Gasteiger partial charge in [-0.1, -0.05) is 0 Å². The molecule has 0 radical (unpaired) electrons. The minimum atomic E-state index is -0.872. The molecule has 0 bridgehead atoms. The Kier molecular flexibility index (Phi) is 6.10. The number of carbonyl (C=O) groups is 2. The van der Waals surface area contributed by atoms with E-state index >= 15 is 0 Å². The summed E-state index contributed by atoms with van der Waals surface area (Å²) in [6.45, 7) is 6.75. The molecule has 128 valence electrons. The fourth-order valence-corrected chi connectivity index (χ4v) is 3.10. The number of carbonyl (C=O) groups excluding carboxylic acids is 1. The third-order valence-corrected chi connectivity index (χ3v) is 4.28. The Morgan fingerprint density at radius 1 is 1.27 bits per heavy atom. The topological polar surface area (TPSA) is 87.7 Å². The fraction of sp³-hybridized carbons (Fsp3) is 0.867. The number of hydrogen-bond acceptors (Lipinski definition) is 4. The zero-order chi connectivity index (χ0) is 15.7. The summed E-state index contributed by atoms with van der Waals surface area (Å²) in [5.74, 6) is -0.552. The average Bonchev–Trinajstić information content (AvgIpc) is 3.18. The van der Waals surface area contributed by atoms with Gasteiger partial charge in [-0.25, -0.2) is 4.79 Å². The molecule has 1 heterocycles. The Hall–Kier alpha value is -1.01. The number of rotatable bonds is 4. The largest absolute Gasteiger partial charge is 0.481 e. The number of amides is 1. The lowest BCUT2D eigenvalue weighted by Crippen LogP contribution is -2.57. The summed E-state index contributed by atoms with van der Waals surface area (Å²) < 4.78 is 5.30. The standard InChI is InChI=1S/C15H26N2O4.ClH/c1-14(2,3)21-13(20)17-11(10-4-5-10)15(12(18)19)6-8-16-9-7-15;/h10-11,16H,4-9H2,1-3H3,(H,17,20)(H,18,19);1H. The van der Waals surface area contributed by atoms with Crippen LogP contribution in [0.3, 0.4) is 0 Å². The Bertz CT molecular complexity index is 412. The molecule has 0 spiro atoms. The van der Waals surface area contributed by atoms with Gasteiger partial charge in [0.2, 0.25) is 0 Å². The molecule has 3 N–H and O–H groups in total. The number of halogens is 1. The van der Waals surface area contributed by atoms with Crippen LogP contribution in [0.5, 0.6) is 0 Å². The van der Waals surface area contributed by atoms with Crippen LogP contribution in [-0.2, 0) is 9.53 Å². The van der Waals surface area contributed by atoms with Crippen molar-refractivity contribution in [3.63, 3.8) is 0 Å². The van der Waals surface area contributed by atoms with Crippen LogP contribution in [0, 0.1) is 11.3 Å². The minimum Gasteiger partial charge on any atom is -0.481 e. The maximum Gasteiger partial charge on any atom is 0.407 e. The van der Waals surface area contributed by atoms with Crippen molar-refractivity contribution in [1.29, 1.82) is 0 Å². The normalized spacial score (nSPS) is 22.1. The smallest absolute Gasteiger partial charge is 0.407 e. The van der Waals surface area contributed by atoms with E-state index in [4.69, 9.17) is 4.74 Å². The summed E-state index contributed by atoms with van der Waals surface area (Å²) in [7, 11) is 0. The van der Waals surface area contributed by atoms with Gasteiger partial charge >= 0.3 is 12.1 Å². The van der Waals surface area contributed by atoms with Crippen molar-refractivity contribution in [3.05, 3.63) is 0 Å². The molecule has 0 aromatic carbocycles. The summed E-state index contributed by atoms with van der Waals surface area (Å²) in [6.07, 6.45) is 2.52. The predicted molar refractivity (Wildman–Crippen MR) is 85.3 cm³/mol. The van der Waals surface area contributed by atoms with Crippen molar-refractivity contribution in [2.45, 2.75) is 58.1 Å². The number of ether oxygens (including phenoxy) is 1. The molecule has 1 amide bonds. The van der Waals surface area contributed by atoms with Crippen LogP contribution in [0.25, 0.3) is 0 Å². The van der Waals surface area contributed by atoms with E-state index < -0.39 is 23.1 Å². The van der Waals surface area contributed by atoms with Gasteiger partial charge in [0.05, 0.1) is 11.5 Å². The van der Waals surface area contributed by atoms with E-state index in [1.54, 1.807) is 20.8 Å². The Morgan fingerprint density at radius 3 is 2.23 bits per heavy atom. The van der Waals surface area contributed by atoms with Gasteiger partial charge in [-0.3, -0.25) is 4.79 Å². The molecule has 1 aliphatic carbocycles. The second-order valence-corrected chi connectivity index (χ2v) is 7.17. The number of piperidine rings is 1. The van der Waals surface area contributed by atoms with Gasteiger partial charge < -0.3 is 20.5 Å². The van der Waals surface area contributed by atoms with E-state index in [-0.39, 0.29) is 24.4 Å². The van der Waals surface area contributed by atoms with Gasteiger partial charge in [0.15, 0.2) is 0 Å². The number of hydrogen-bond donors (Lipinski definition) is 3. The summed E-state index contributed by atoms with van der Waals surface area (Å²) in [6, 6.07) is -0.341. The van der Waals surface area contributed by atoms with E-state index in [9.17, 15) is 14.7 Å². The summed E-state index contributed by atoms with van der Waals surface area (Å²) in [5.41, 5.74) is -1.45. The molecule has 1 saturated heterocycles. The van der Waals surface area contributed by atoms with E-state index in [2.05, 4.69) is 10.6 Å². The van der Waals surface area contributed by atoms with Gasteiger partial charge in [0.1, 0.15) is 5.60 Å². The van der Waals surface area contributed by atoms with E-state index in [0.29, 0.717) is 25.9 Å². The molecule has 0 aromatic rings. The lowest BCUT2D eigenvalue weighted by Gasteiger charge is -2.41. The van der Waals surface area contributed by atoms with Gasteiger partial charge in [-0.2, -0.15) is 0 Å². The first-order valence-electron chi connectivity index (χ1n) is 7.68. The SMILES string of the molecule is CC(C)(C)OC(=O)NC(C1CC1)C1(C(=O)O)CCNCC1.Cl. The van der Waals surface area contributed by atoms with Crippen molar-refractivity contribution in [1.82, 2.24) is 10.6 Å².